The molecule has 20 heavy (non-hydrogen) atoms. The van der Waals surface area contributed by atoms with E-state index in [0.717, 1.165) is 43.7 Å². The molecule has 2 N–H and O–H groups in total. The van der Waals surface area contributed by atoms with E-state index >= 15 is 0 Å². The van der Waals surface area contributed by atoms with Gasteiger partial charge in [-0.2, -0.15) is 5.10 Å². The van der Waals surface area contributed by atoms with Gasteiger partial charge >= 0.3 is 5.97 Å². The molecule has 0 fully saturated rings. The van der Waals surface area contributed by atoms with Crippen LogP contribution in [-0.2, 0) is 19.4 Å². The molecule has 104 valence electrons. The third-order valence-corrected chi connectivity index (χ3v) is 3.76. The number of aromatic carboxylic acids is 1. The third kappa shape index (κ3) is 2.58. The van der Waals surface area contributed by atoms with Crippen LogP contribution in [-0.4, -0.2) is 39.3 Å². The van der Waals surface area contributed by atoms with Gasteiger partial charge < -0.3 is 5.11 Å². The van der Waals surface area contributed by atoms with Crippen molar-refractivity contribution in [3.8, 4) is 0 Å². The van der Waals surface area contributed by atoms with Crippen molar-refractivity contribution < 1.29 is 9.90 Å². The minimum atomic E-state index is -0.945. The zero-order valence-electron chi connectivity index (χ0n) is 11.2. The van der Waals surface area contributed by atoms with Crippen LogP contribution in [0.2, 0.25) is 0 Å². The lowest BCUT2D eigenvalue weighted by molar-refractivity contribution is 0.0689. The molecule has 0 aliphatic carbocycles. The predicted octanol–water partition coefficient (Wildman–Crippen LogP) is 1.71. The molecule has 0 saturated carbocycles. The summed E-state index contributed by atoms with van der Waals surface area (Å²) in [6.07, 6.45) is 1.56. The van der Waals surface area contributed by atoms with E-state index in [1.165, 1.54) is 5.56 Å². The normalized spacial score (nSPS) is 15.6. The highest BCUT2D eigenvalue weighted by atomic mass is 16.4. The molecule has 5 heteroatoms. The number of carboxylic acid groups (broad SMARTS) is 1. The molecular weight excluding hydrogens is 254 g/mol. The van der Waals surface area contributed by atoms with E-state index in [4.69, 9.17) is 5.11 Å². The van der Waals surface area contributed by atoms with Crippen LogP contribution >= 0.6 is 0 Å². The number of fused-ring (bicyclic) bond motifs is 1. The monoisotopic (exact) mass is 271 g/mol. The number of carboxylic acids is 1. The number of aromatic amines is 1. The lowest BCUT2D eigenvalue weighted by atomic mass is 10.1. The molecule has 1 aliphatic rings. The van der Waals surface area contributed by atoms with Gasteiger partial charge in [0, 0.05) is 37.3 Å². The summed E-state index contributed by atoms with van der Waals surface area (Å²) in [5.74, 6) is -0.945. The van der Waals surface area contributed by atoms with E-state index < -0.39 is 5.97 Å². The second-order valence-electron chi connectivity index (χ2n) is 5.10. The number of H-pyrrole nitrogens is 1. The molecule has 1 aromatic heterocycles. The number of hydrogen-bond acceptors (Lipinski definition) is 3. The highest BCUT2D eigenvalue weighted by Crippen LogP contribution is 2.18. The van der Waals surface area contributed by atoms with Gasteiger partial charge in [0.1, 0.15) is 0 Å². The molecule has 0 atom stereocenters. The maximum absolute atomic E-state index is 11.1. The fraction of sp³-hybridized carbons (Fsp3) is 0.333. The summed E-state index contributed by atoms with van der Waals surface area (Å²) in [5.41, 5.74) is 3.31. The molecule has 2 heterocycles. The zero-order valence-corrected chi connectivity index (χ0v) is 11.2. The van der Waals surface area contributed by atoms with Crippen LogP contribution in [0.4, 0.5) is 0 Å². The minimum absolute atomic E-state index is 0.182. The molecule has 0 saturated heterocycles. The van der Waals surface area contributed by atoms with Crippen molar-refractivity contribution in [2.45, 2.75) is 19.4 Å². The van der Waals surface area contributed by atoms with Crippen LogP contribution in [0.3, 0.4) is 0 Å². The van der Waals surface area contributed by atoms with Crippen LogP contribution in [0.15, 0.2) is 30.3 Å². The summed E-state index contributed by atoms with van der Waals surface area (Å²) in [6, 6.07) is 10.3. The molecule has 0 spiro atoms. The second-order valence-corrected chi connectivity index (χ2v) is 5.10. The number of aromatic nitrogens is 2. The molecular formula is C15H17N3O2. The fourth-order valence-corrected chi connectivity index (χ4v) is 2.71. The number of hydrogen-bond donors (Lipinski definition) is 2. The summed E-state index contributed by atoms with van der Waals surface area (Å²) < 4.78 is 0. The van der Waals surface area contributed by atoms with Gasteiger partial charge in [-0.3, -0.25) is 10.00 Å². The summed E-state index contributed by atoms with van der Waals surface area (Å²) >= 11 is 0. The Morgan fingerprint density at radius 2 is 2.00 bits per heavy atom. The maximum Gasteiger partial charge on any atom is 0.356 e. The molecule has 1 aromatic carbocycles. The lowest BCUT2D eigenvalue weighted by Crippen LogP contribution is -2.26. The molecule has 0 unspecified atom stereocenters. The van der Waals surface area contributed by atoms with Crippen LogP contribution < -0.4 is 0 Å². The third-order valence-electron chi connectivity index (χ3n) is 3.76. The average molecular weight is 271 g/mol. The standard InChI is InChI=1S/C15H17N3O2/c19-15(20)14-12-6-8-18(9-7-13(12)16-17-14)10-11-4-2-1-3-5-11/h1-5H,6-10H2,(H,16,17)(H,19,20). The average Bonchev–Trinajstić information content (AvgIpc) is 2.77. The smallest absolute Gasteiger partial charge is 0.356 e. The number of nitrogens with one attached hydrogen (secondary N) is 1. The lowest BCUT2D eigenvalue weighted by Gasteiger charge is -2.19. The van der Waals surface area contributed by atoms with Gasteiger partial charge in [-0.1, -0.05) is 30.3 Å². The highest BCUT2D eigenvalue weighted by Gasteiger charge is 2.22. The van der Waals surface area contributed by atoms with Crippen molar-refractivity contribution in [2.24, 2.45) is 0 Å². The first-order valence-corrected chi connectivity index (χ1v) is 6.79. The predicted molar refractivity (Wildman–Crippen MR) is 74.7 cm³/mol. The Morgan fingerprint density at radius 1 is 1.25 bits per heavy atom. The number of rotatable bonds is 3. The van der Waals surface area contributed by atoms with Crippen molar-refractivity contribution in [1.29, 1.82) is 0 Å². The van der Waals surface area contributed by atoms with Crippen molar-refractivity contribution in [3.63, 3.8) is 0 Å². The van der Waals surface area contributed by atoms with Gasteiger partial charge in [0.2, 0.25) is 0 Å². The van der Waals surface area contributed by atoms with Gasteiger partial charge in [0.05, 0.1) is 0 Å². The first-order valence-electron chi connectivity index (χ1n) is 6.79. The topological polar surface area (TPSA) is 69.2 Å². The zero-order chi connectivity index (χ0) is 13.9. The Kier molecular flexibility index (Phi) is 3.52. The van der Waals surface area contributed by atoms with Crippen molar-refractivity contribution in [3.05, 3.63) is 52.8 Å². The van der Waals surface area contributed by atoms with Gasteiger partial charge in [-0.15, -0.1) is 0 Å². The summed E-state index contributed by atoms with van der Waals surface area (Å²) in [6.45, 7) is 2.69. The van der Waals surface area contributed by atoms with Crippen molar-refractivity contribution in [2.75, 3.05) is 13.1 Å². The minimum Gasteiger partial charge on any atom is -0.476 e. The van der Waals surface area contributed by atoms with Crippen LogP contribution in [0.5, 0.6) is 0 Å². The fourth-order valence-electron chi connectivity index (χ4n) is 2.71. The largest absolute Gasteiger partial charge is 0.476 e. The van der Waals surface area contributed by atoms with E-state index in [1.54, 1.807) is 0 Å². The Hall–Kier alpha value is -2.14. The molecule has 3 rings (SSSR count). The van der Waals surface area contributed by atoms with Crippen molar-refractivity contribution in [1.82, 2.24) is 15.1 Å². The van der Waals surface area contributed by atoms with E-state index in [0.29, 0.717) is 0 Å². The van der Waals surface area contributed by atoms with E-state index in [2.05, 4.69) is 27.2 Å². The molecule has 0 amide bonds. The Bertz CT molecular complexity index is 607. The van der Waals surface area contributed by atoms with E-state index in [1.807, 2.05) is 18.2 Å². The number of benzene rings is 1. The molecule has 5 nitrogen and oxygen atoms in total. The Balaban J connectivity index is 1.71. The quantitative estimate of drug-likeness (QED) is 0.891. The van der Waals surface area contributed by atoms with Crippen molar-refractivity contribution >= 4 is 5.97 Å². The first kappa shape index (κ1) is 12.9. The maximum atomic E-state index is 11.1. The molecule has 1 aliphatic heterocycles. The summed E-state index contributed by atoms with van der Waals surface area (Å²) in [4.78, 5) is 13.5. The first-order chi connectivity index (χ1) is 9.74. The van der Waals surface area contributed by atoms with Gasteiger partial charge in [0.15, 0.2) is 5.69 Å². The Labute approximate surface area is 117 Å². The van der Waals surface area contributed by atoms with E-state index in [9.17, 15) is 4.79 Å². The Morgan fingerprint density at radius 3 is 2.75 bits per heavy atom. The van der Waals surface area contributed by atoms with Crippen LogP contribution in [0, 0.1) is 0 Å². The van der Waals surface area contributed by atoms with Gasteiger partial charge in [0.25, 0.3) is 0 Å². The summed E-state index contributed by atoms with van der Waals surface area (Å²) in [7, 11) is 0. The molecule has 0 radical (unpaired) electrons. The highest BCUT2D eigenvalue weighted by molar-refractivity contribution is 5.87. The second kappa shape index (κ2) is 5.46. The van der Waals surface area contributed by atoms with Crippen LogP contribution in [0.25, 0.3) is 0 Å². The summed E-state index contributed by atoms with van der Waals surface area (Å²) in [5, 5.41) is 15.9. The number of nitrogens with zero attached hydrogens (tertiary/aromatic N) is 2. The SMILES string of the molecule is O=C(O)c1n[nH]c2c1CCN(Cc1ccccc1)CC2. The number of carbonyl (C=O) groups is 1. The van der Waals surface area contributed by atoms with E-state index in [-0.39, 0.29) is 5.69 Å². The van der Waals surface area contributed by atoms with Gasteiger partial charge in [-0.05, 0) is 12.0 Å². The molecule has 2 aromatic rings. The van der Waals surface area contributed by atoms with Crippen LogP contribution in [0.1, 0.15) is 27.3 Å². The molecule has 0 bridgehead atoms. The van der Waals surface area contributed by atoms with Gasteiger partial charge in [-0.25, -0.2) is 4.79 Å².